The van der Waals surface area contributed by atoms with E-state index < -0.39 is 10.2 Å². The van der Waals surface area contributed by atoms with Crippen LogP contribution in [0.25, 0.3) is 16.0 Å². The van der Waals surface area contributed by atoms with Crippen molar-refractivity contribution in [2.24, 2.45) is 9.98 Å². The average molecular weight is 626 g/mol. The van der Waals surface area contributed by atoms with E-state index in [9.17, 15) is 0 Å². The summed E-state index contributed by atoms with van der Waals surface area (Å²) in [5, 5.41) is 0. The molecule has 2 atom stereocenters. The maximum absolute atomic E-state index is 8.49. The van der Waals surface area contributed by atoms with Crippen molar-refractivity contribution in [1.82, 2.24) is 9.97 Å². The van der Waals surface area contributed by atoms with Gasteiger partial charge < -0.3 is 11.1 Å². The molecule has 0 fully saturated rings. The first kappa shape index (κ1) is 37.0. The van der Waals surface area contributed by atoms with Crippen LogP contribution in [-0.2, 0) is 17.1 Å². The van der Waals surface area contributed by atoms with Crippen molar-refractivity contribution in [3.63, 3.8) is 0 Å². The third kappa shape index (κ3) is 19.7. The van der Waals surface area contributed by atoms with Crippen LogP contribution in [0.15, 0.2) is 119 Å². The Morgan fingerprint density at radius 1 is 0.634 bits per heavy atom. The zero-order chi connectivity index (χ0) is 29.6. The molecule has 0 saturated carbocycles. The number of nitrogens with zero attached hydrogens (tertiary/aromatic N) is 7. The molecule has 0 amide bonds. The molecule has 0 aliphatic rings. The number of halogens is 1. The molecule has 2 aromatic carbocycles. The molecule has 0 spiro atoms. The van der Waals surface area contributed by atoms with Crippen molar-refractivity contribution in [1.29, 1.82) is 0 Å². The Balaban J connectivity index is 0.000000609. The average Bonchev–Trinajstić information content (AvgIpc) is 2.96. The van der Waals surface area contributed by atoms with Crippen LogP contribution in [0.5, 0.6) is 0 Å². The molecule has 217 valence electrons. The van der Waals surface area contributed by atoms with Crippen LogP contribution < -0.4 is 18.6 Å². The van der Waals surface area contributed by atoms with Gasteiger partial charge in [-0.1, -0.05) is 72.8 Å². The zero-order valence-corrected chi connectivity index (χ0v) is 23.8. The summed E-state index contributed by atoms with van der Waals surface area (Å²) >= 11 is 0. The topological polar surface area (TPSA) is 201 Å². The summed E-state index contributed by atoms with van der Waals surface area (Å²) in [6.07, 6.45) is 7.18. The maximum Gasteiger partial charge on any atom is 2.00 e. The fourth-order valence-corrected chi connectivity index (χ4v) is 2.92. The first-order valence-electron chi connectivity index (χ1n) is 11.7. The van der Waals surface area contributed by atoms with E-state index in [-0.39, 0.29) is 29.2 Å². The Labute approximate surface area is 251 Å². The van der Waals surface area contributed by atoms with Crippen LogP contribution >= 0.6 is 0 Å². The molecule has 0 bridgehead atoms. The molecule has 0 aliphatic heterocycles. The summed E-state index contributed by atoms with van der Waals surface area (Å²) in [5.74, 6) is 0. The van der Waals surface area contributed by atoms with Crippen molar-refractivity contribution in [3.8, 4) is 0 Å². The van der Waals surface area contributed by atoms with Crippen LogP contribution in [0.1, 0.15) is 48.4 Å². The fourth-order valence-electron chi connectivity index (χ4n) is 2.92. The normalized spacial score (nSPS) is 11.7. The van der Waals surface area contributed by atoms with Gasteiger partial charge in [0.25, 0.3) is 0 Å². The Morgan fingerprint density at radius 2 is 0.927 bits per heavy atom. The van der Waals surface area contributed by atoms with Gasteiger partial charge >= 0.3 is 17.1 Å². The standard InChI is InChI=1S/2C14H14N2.ClHO4.Cu.N3/c2*1-12(13-7-3-2-4-8-13)16-11-14-9-5-6-10-15-14;2-1(3,4)5;;1-3-2/h2*2-12H,1H3;(H,2,3,4,5);;/q;;;+2;-1/p-1/t2*12-;;;/m00.../s1. The molecule has 13 heteroatoms. The van der Waals surface area contributed by atoms with Gasteiger partial charge in [0.1, 0.15) is 0 Å². The minimum absolute atomic E-state index is 0. The van der Waals surface area contributed by atoms with Gasteiger partial charge in [-0.25, -0.2) is 18.6 Å². The van der Waals surface area contributed by atoms with Crippen molar-refractivity contribution < 1.29 is 45.9 Å². The van der Waals surface area contributed by atoms with Crippen molar-refractivity contribution in [2.75, 3.05) is 0 Å². The zero-order valence-electron chi connectivity index (χ0n) is 22.1. The van der Waals surface area contributed by atoms with Crippen LogP contribution in [0.2, 0.25) is 0 Å². The Kier molecular flexibility index (Phi) is 19.7. The number of pyridine rings is 2. The molecular weight excluding hydrogens is 597 g/mol. The molecule has 0 N–H and O–H groups in total. The summed E-state index contributed by atoms with van der Waals surface area (Å²) in [6, 6.07) is 32.4. The van der Waals surface area contributed by atoms with Gasteiger partial charge in [0.15, 0.2) is 0 Å². The van der Waals surface area contributed by atoms with Gasteiger partial charge in [0.05, 0.1) is 23.5 Å². The number of rotatable bonds is 6. The summed E-state index contributed by atoms with van der Waals surface area (Å²) in [5.41, 5.74) is 17.7. The number of hydrogen-bond acceptors (Lipinski definition) is 8. The first-order valence-corrected chi connectivity index (χ1v) is 13.0. The van der Waals surface area contributed by atoms with Crippen molar-refractivity contribution in [2.45, 2.75) is 25.9 Å². The number of hydrogen-bond donors (Lipinski definition) is 0. The molecule has 2 aromatic heterocycles. The van der Waals surface area contributed by atoms with Crippen LogP contribution in [0, 0.1) is 10.2 Å². The van der Waals surface area contributed by atoms with E-state index in [0.29, 0.717) is 0 Å². The maximum atomic E-state index is 8.49. The second kappa shape index (κ2) is 21.8. The molecule has 4 aromatic rings. The van der Waals surface area contributed by atoms with Crippen LogP contribution in [0.4, 0.5) is 0 Å². The van der Waals surface area contributed by atoms with E-state index in [1.54, 1.807) is 12.4 Å². The van der Waals surface area contributed by atoms with E-state index in [1.807, 2.05) is 85.2 Å². The third-order valence-corrected chi connectivity index (χ3v) is 4.80. The van der Waals surface area contributed by atoms with Gasteiger partial charge in [0, 0.05) is 24.8 Å². The van der Waals surface area contributed by atoms with Crippen LogP contribution in [0.3, 0.4) is 0 Å². The molecular formula is C28H28ClCuN7O4. The number of aromatic nitrogens is 2. The second-order valence-electron chi connectivity index (χ2n) is 7.71. The van der Waals surface area contributed by atoms with Gasteiger partial charge in [-0.15, -0.1) is 10.2 Å². The molecule has 0 saturated heterocycles. The largest absolute Gasteiger partial charge is 2.00 e. The fraction of sp³-hybridized carbons (Fsp3) is 0.143. The number of aliphatic imine (C=N–C) groups is 2. The quantitative estimate of drug-likeness (QED) is 0.104. The molecule has 41 heavy (non-hydrogen) atoms. The second-order valence-corrected chi connectivity index (χ2v) is 8.46. The molecule has 0 aliphatic carbocycles. The van der Waals surface area contributed by atoms with Crippen molar-refractivity contribution >= 4 is 12.4 Å². The Hall–Kier alpha value is -3.96. The third-order valence-electron chi connectivity index (χ3n) is 4.80. The van der Waals surface area contributed by atoms with Crippen molar-refractivity contribution in [3.05, 3.63) is 148 Å². The van der Waals surface area contributed by atoms with E-state index in [1.165, 1.54) is 16.0 Å². The Bertz CT molecular complexity index is 1200. The Morgan fingerprint density at radius 3 is 1.20 bits per heavy atom. The minimum Gasteiger partial charge on any atom is -0.373 e. The van der Waals surface area contributed by atoms with Gasteiger partial charge in [0.2, 0.25) is 0 Å². The SMILES string of the molecule is C[C@H](N=Cc1ccccn1)c1ccccc1.C[C@H](N=Cc1ccccn1)c1ccccc1.[Cu+2].[N-]=[N+]=[N-].[O-][Cl+3]([O-])([O-])[O-]. The minimum atomic E-state index is -4.94. The molecule has 11 nitrogen and oxygen atoms in total. The van der Waals surface area contributed by atoms with Gasteiger partial charge in [-0.2, -0.15) is 0 Å². The summed E-state index contributed by atoms with van der Waals surface area (Å²) in [4.78, 5) is 18.8. The van der Waals surface area contributed by atoms with E-state index in [2.05, 4.69) is 58.1 Å². The number of benzene rings is 2. The van der Waals surface area contributed by atoms with Crippen LogP contribution in [-0.4, -0.2) is 22.4 Å². The first-order chi connectivity index (χ1) is 19.1. The molecule has 2 heterocycles. The van der Waals surface area contributed by atoms with E-state index >= 15 is 0 Å². The summed E-state index contributed by atoms with van der Waals surface area (Å²) in [6.45, 7) is 4.16. The predicted octanol–water partition coefficient (Wildman–Crippen LogP) is 2.63. The molecule has 0 unspecified atom stereocenters. The smallest absolute Gasteiger partial charge is 0.373 e. The van der Waals surface area contributed by atoms with Gasteiger partial charge in [-0.3, -0.25) is 24.9 Å². The van der Waals surface area contributed by atoms with E-state index in [4.69, 9.17) is 29.7 Å². The monoisotopic (exact) mass is 624 g/mol. The molecule has 4 rings (SSSR count). The van der Waals surface area contributed by atoms with E-state index in [0.717, 1.165) is 11.4 Å². The summed E-state index contributed by atoms with van der Waals surface area (Å²) in [7, 11) is -4.94. The molecule has 1 radical (unpaired) electrons. The summed E-state index contributed by atoms with van der Waals surface area (Å²) < 4.78 is 34.0. The predicted molar refractivity (Wildman–Crippen MR) is 143 cm³/mol. The van der Waals surface area contributed by atoms with Gasteiger partial charge in [-0.05, 0) is 49.2 Å².